The van der Waals surface area contributed by atoms with Gasteiger partial charge in [-0.25, -0.2) is 9.18 Å². The van der Waals surface area contributed by atoms with Crippen molar-refractivity contribution in [3.63, 3.8) is 0 Å². The number of carboxylic acids is 1. The van der Waals surface area contributed by atoms with E-state index in [2.05, 4.69) is 5.32 Å². The Bertz CT molecular complexity index is 646. The predicted molar refractivity (Wildman–Crippen MR) is 77.0 cm³/mol. The highest BCUT2D eigenvalue weighted by molar-refractivity contribution is 6.00. The van der Waals surface area contributed by atoms with Gasteiger partial charge in [-0.2, -0.15) is 0 Å². The van der Waals surface area contributed by atoms with Crippen LogP contribution < -0.4 is 5.32 Å². The predicted octanol–water partition coefficient (Wildman–Crippen LogP) is 1.86. The van der Waals surface area contributed by atoms with E-state index >= 15 is 0 Å². The molecule has 118 valence electrons. The van der Waals surface area contributed by atoms with Gasteiger partial charge in [-0.15, -0.1) is 0 Å². The zero-order valence-corrected chi connectivity index (χ0v) is 12.4. The van der Waals surface area contributed by atoms with Crippen LogP contribution in [0.4, 0.5) is 10.1 Å². The van der Waals surface area contributed by atoms with E-state index in [9.17, 15) is 23.9 Å². The van der Waals surface area contributed by atoms with Crippen molar-refractivity contribution >= 4 is 23.5 Å². The van der Waals surface area contributed by atoms with Crippen molar-refractivity contribution in [3.05, 3.63) is 29.6 Å². The first-order valence-electron chi connectivity index (χ1n) is 6.88. The second kappa shape index (κ2) is 5.75. The van der Waals surface area contributed by atoms with E-state index in [0.29, 0.717) is 12.8 Å². The Labute approximate surface area is 126 Å². The first-order valence-corrected chi connectivity index (χ1v) is 6.88. The van der Waals surface area contributed by atoms with Gasteiger partial charge in [0.1, 0.15) is 11.4 Å². The van der Waals surface area contributed by atoms with Crippen LogP contribution in [0.5, 0.6) is 0 Å². The van der Waals surface area contributed by atoms with Crippen LogP contribution in [0.25, 0.3) is 0 Å². The summed E-state index contributed by atoms with van der Waals surface area (Å²) >= 11 is 0. The summed E-state index contributed by atoms with van der Waals surface area (Å²) in [7, 11) is 0. The molecule has 1 fully saturated rings. The summed E-state index contributed by atoms with van der Waals surface area (Å²) in [5, 5.41) is 11.8. The summed E-state index contributed by atoms with van der Waals surface area (Å²) in [5.74, 6) is -2.90. The molecule has 1 aliphatic heterocycles. The van der Waals surface area contributed by atoms with E-state index in [1.807, 2.05) is 0 Å². The number of anilines is 1. The van der Waals surface area contributed by atoms with Crippen LogP contribution in [0.15, 0.2) is 18.2 Å². The number of carbonyl (C=O) groups excluding carboxylic acids is 2. The number of hydrogen-bond acceptors (Lipinski definition) is 3. The molecule has 2 N–H and O–H groups in total. The van der Waals surface area contributed by atoms with E-state index in [-0.39, 0.29) is 23.7 Å². The third-order valence-corrected chi connectivity index (χ3v) is 3.86. The van der Waals surface area contributed by atoms with Gasteiger partial charge in [0.25, 0.3) is 5.91 Å². The number of hydrogen-bond donors (Lipinski definition) is 2. The monoisotopic (exact) mass is 308 g/mol. The number of nitrogens with one attached hydrogen (secondary N) is 1. The van der Waals surface area contributed by atoms with Crippen molar-refractivity contribution in [3.8, 4) is 0 Å². The minimum absolute atomic E-state index is 0.249. The molecule has 1 aromatic rings. The standard InChI is InChI=1S/C15H17FN2O4/c1-9(19)17-10-4-5-12(16)11(8-10)13(20)18-7-3-6-15(18,2)14(21)22/h4-5,8H,3,6-7H2,1-2H3,(H,17,19)(H,21,22). The Hall–Kier alpha value is -2.44. The first kappa shape index (κ1) is 15.9. The molecular weight excluding hydrogens is 291 g/mol. The van der Waals surface area contributed by atoms with Crippen LogP contribution in [0.1, 0.15) is 37.0 Å². The Morgan fingerprint density at radius 1 is 1.36 bits per heavy atom. The quantitative estimate of drug-likeness (QED) is 0.892. The molecule has 0 spiro atoms. The highest BCUT2D eigenvalue weighted by Crippen LogP contribution is 2.31. The molecule has 1 saturated heterocycles. The van der Waals surface area contributed by atoms with Crippen molar-refractivity contribution in [2.45, 2.75) is 32.2 Å². The smallest absolute Gasteiger partial charge is 0.329 e. The van der Waals surface area contributed by atoms with Crippen molar-refractivity contribution < 1.29 is 23.9 Å². The van der Waals surface area contributed by atoms with Gasteiger partial charge in [0.05, 0.1) is 5.56 Å². The molecule has 0 aliphatic carbocycles. The first-order chi connectivity index (χ1) is 10.3. The average molecular weight is 308 g/mol. The fourth-order valence-corrected chi connectivity index (χ4v) is 2.63. The zero-order valence-electron chi connectivity index (χ0n) is 12.4. The number of amides is 2. The molecule has 1 atom stereocenters. The number of halogens is 1. The lowest BCUT2D eigenvalue weighted by molar-refractivity contribution is -0.147. The summed E-state index contributed by atoms with van der Waals surface area (Å²) in [4.78, 5) is 36.2. The number of nitrogens with zero attached hydrogens (tertiary/aromatic N) is 1. The minimum Gasteiger partial charge on any atom is -0.480 e. The molecule has 1 aromatic carbocycles. The molecule has 22 heavy (non-hydrogen) atoms. The van der Waals surface area contributed by atoms with Crippen LogP contribution in [0.3, 0.4) is 0 Å². The number of carboxylic acid groups (broad SMARTS) is 1. The van der Waals surface area contributed by atoms with E-state index in [1.54, 1.807) is 0 Å². The highest BCUT2D eigenvalue weighted by Gasteiger charge is 2.46. The van der Waals surface area contributed by atoms with E-state index in [4.69, 9.17) is 0 Å². The van der Waals surface area contributed by atoms with E-state index in [1.165, 1.54) is 30.9 Å². The Balaban J connectivity index is 2.36. The lowest BCUT2D eigenvalue weighted by Crippen LogP contribution is -2.51. The molecule has 0 radical (unpaired) electrons. The van der Waals surface area contributed by atoms with Crippen LogP contribution in [-0.4, -0.2) is 39.9 Å². The summed E-state index contributed by atoms with van der Waals surface area (Å²) in [6.07, 6.45) is 0.864. The fourth-order valence-electron chi connectivity index (χ4n) is 2.63. The normalized spacial score (nSPS) is 20.8. The Morgan fingerprint density at radius 3 is 2.64 bits per heavy atom. The molecule has 0 saturated carbocycles. The third kappa shape index (κ3) is 2.79. The molecule has 1 heterocycles. The number of benzene rings is 1. The van der Waals surface area contributed by atoms with Gasteiger partial charge in [-0.05, 0) is 38.0 Å². The molecule has 0 bridgehead atoms. The lowest BCUT2D eigenvalue weighted by atomic mass is 9.98. The van der Waals surface area contributed by atoms with Gasteiger partial charge < -0.3 is 15.3 Å². The number of aliphatic carboxylic acids is 1. The summed E-state index contributed by atoms with van der Waals surface area (Å²) in [6, 6.07) is 3.64. The Kier molecular flexibility index (Phi) is 4.16. The number of carbonyl (C=O) groups is 3. The van der Waals surface area contributed by atoms with E-state index in [0.717, 1.165) is 6.07 Å². The molecule has 1 unspecified atom stereocenters. The number of likely N-dealkylation sites (tertiary alicyclic amines) is 1. The molecule has 6 nitrogen and oxygen atoms in total. The van der Waals surface area contributed by atoms with Gasteiger partial charge >= 0.3 is 5.97 Å². The maximum atomic E-state index is 14.0. The van der Waals surface area contributed by atoms with Crippen molar-refractivity contribution in [1.82, 2.24) is 4.90 Å². The highest BCUT2D eigenvalue weighted by atomic mass is 19.1. The fraction of sp³-hybridized carbons (Fsp3) is 0.400. The molecule has 2 rings (SSSR count). The molecule has 0 aromatic heterocycles. The van der Waals surface area contributed by atoms with Gasteiger partial charge in [-0.3, -0.25) is 9.59 Å². The van der Waals surface area contributed by atoms with Gasteiger partial charge in [0.15, 0.2) is 0 Å². The summed E-state index contributed by atoms with van der Waals surface area (Å²) < 4.78 is 14.0. The van der Waals surface area contributed by atoms with Crippen LogP contribution in [0, 0.1) is 5.82 Å². The maximum absolute atomic E-state index is 14.0. The second-order valence-corrected chi connectivity index (χ2v) is 5.52. The minimum atomic E-state index is -1.34. The summed E-state index contributed by atoms with van der Waals surface area (Å²) in [5.41, 5.74) is -1.30. The topological polar surface area (TPSA) is 86.7 Å². The lowest BCUT2D eigenvalue weighted by Gasteiger charge is -2.31. The summed E-state index contributed by atoms with van der Waals surface area (Å²) in [6.45, 7) is 3.01. The van der Waals surface area contributed by atoms with Crippen molar-refractivity contribution in [2.75, 3.05) is 11.9 Å². The van der Waals surface area contributed by atoms with Gasteiger partial charge in [-0.1, -0.05) is 0 Å². The van der Waals surface area contributed by atoms with Gasteiger partial charge in [0.2, 0.25) is 5.91 Å². The van der Waals surface area contributed by atoms with E-state index < -0.39 is 23.2 Å². The molecule has 1 aliphatic rings. The zero-order chi connectivity index (χ0) is 16.5. The van der Waals surface area contributed by atoms with Crippen molar-refractivity contribution in [1.29, 1.82) is 0 Å². The SMILES string of the molecule is CC(=O)Nc1ccc(F)c(C(=O)N2CCCC2(C)C(=O)O)c1. The van der Waals surface area contributed by atoms with Crippen molar-refractivity contribution in [2.24, 2.45) is 0 Å². The second-order valence-electron chi connectivity index (χ2n) is 5.52. The molecular formula is C15H17FN2O4. The maximum Gasteiger partial charge on any atom is 0.329 e. The molecule has 2 amide bonds. The van der Waals surface area contributed by atoms with Crippen LogP contribution >= 0.6 is 0 Å². The average Bonchev–Trinajstić information content (AvgIpc) is 2.83. The molecule has 7 heteroatoms. The van der Waals surface area contributed by atoms with Gasteiger partial charge in [0, 0.05) is 19.2 Å². The van der Waals surface area contributed by atoms with Crippen LogP contribution in [-0.2, 0) is 9.59 Å². The van der Waals surface area contributed by atoms with Crippen LogP contribution in [0.2, 0.25) is 0 Å². The Morgan fingerprint density at radius 2 is 2.05 bits per heavy atom. The largest absolute Gasteiger partial charge is 0.480 e. The third-order valence-electron chi connectivity index (χ3n) is 3.86. The number of rotatable bonds is 3.